The topological polar surface area (TPSA) is 85.6 Å². The molecule has 0 fully saturated rings. The minimum atomic E-state index is -3.39. The van der Waals surface area contributed by atoms with Crippen LogP contribution in [0.5, 0.6) is 0 Å². The number of carbonyl (C=O) groups is 1. The van der Waals surface area contributed by atoms with Crippen molar-refractivity contribution in [3.8, 4) is 0 Å². The first kappa shape index (κ1) is 21.2. The number of hydrogen-bond donors (Lipinski definition) is 1. The third kappa shape index (κ3) is 7.56. The number of ether oxygens (including phenoxy) is 1. The Morgan fingerprint density at radius 2 is 1.81 bits per heavy atom. The van der Waals surface area contributed by atoms with Crippen molar-refractivity contribution in [1.29, 1.82) is 0 Å². The second-order valence-corrected chi connectivity index (χ2v) is 8.88. The molecule has 0 saturated carbocycles. The van der Waals surface area contributed by atoms with Gasteiger partial charge in [0, 0.05) is 13.2 Å². The van der Waals surface area contributed by atoms with Crippen molar-refractivity contribution in [3.05, 3.63) is 59.0 Å². The first-order valence-electron chi connectivity index (χ1n) is 8.99. The highest BCUT2D eigenvalue weighted by Gasteiger charge is 2.18. The highest BCUT2D eigenvalue weighted by Crippen LogP contribution is 2.16. The predicted molar refractivity (Wildman–Crippen MR) is 104 cm³/mol. The Bertz CT molecular complexity index is 838. The summed E-state index contributed by atoms with van der Waals surface area (Å²) in [7, 11) is -3.39. The van der Waals surface area contributed by atoms with E-state index in [4.69, 9.17) is 9.15 Å². The molecule has 6 nitrogen and oxygen atoms in total. The van der Waals surface area contributed by atoms with Gasteiger partial charge in [0.2, 0.25) is 0 Å². The van der Waals surface area contributed by atoms with Gasteiger partial charge in [-0.05, 0) is 44.9 Å². The van der Waals surface area contributed by atoms with Crippen LogP contribution in [0, 0.1) is 6.92 Å². The normalized spacial score (nSPS) is 11.7. The number of carbonyl (C=O) groups excluding carboxylic acids is 1. The van der Waals surface area contributed by atoms with Crippen LogP contribution in [0.4, 0.5) is 0 Å². The van der Waals surface area contributed by atoms with Gasteiger partial charge in [0.15, 0.2) is 15.6 Å². The SMILES string of the molecule is Cc1ccc(CS(=O)(=O)Cc2ccc(C(=O)NCCCOC(C)C)o2)cc1. The number of amides is 1. The molecule has 1 heterocycles. The van der Waals surface area contributed by atoms with Crippen LogP contribution < -0.4 is 5.32 Å². The quantitative estimate of drug-likeness (QED) is 0.626. The van der Waals surface area contributed by atoms with Gasteiger partial charge in [-0.2, -0.15) is 0 Å². The number of sulfone groups is 1. The zero-order valence-electron chi connectivity index (χ0n) is 16.0. The maximum Gasteiger partial charge on any atom is 0.286 e. The molecule has 0 atom stereocenters. The second-order valence-electron chi connectivity index (χ2n) is 6.81. The number of rotatable bonds is 10. The summed E-state index contributed by atoms with van der Waals surface area (Å²) in [5, 5.41) is 2.73. The Kier molecular flexibility index (Phi) is 7.62. The second kappa shape index (κ2) is 9.71. The Morgan fingerprint density at radius 3 is 2.48 bits per heavy atom. The maximum atomic E-state index is 12.4. The van der Waals surface area contributed by atoms with Crippen LogP contribution in [-0.2, 0) is 26.1 Å². The molecule has 7 heteroatoms. The van der Waals surface area contributed by atoms with Crippen molar-refractivity contribution < 1.29 is 22.4 Å². The fourth-order valence-electron chi connectivity index (χ4n) is 2.46. The van der Waals surface area contributed by atoms with E-state index in [-0.39, 0.29) is 35.0 Å². The van der Waals surface area contributed by atoms with Crippen LogP contribution in [0.2, 0.25) is 0 Å². The lowest BCUT2D eigenvalue weighted by atomic mass is 10.2. The Labute approximate surface area is 160 Å². The number of furan rings is 1. The molecule has 1 N–H and O–H groups in total. The van der Waals surface area contributed by atoms with E-state index in [1.165, 1.54) is 12.1 Å². The number of benzene rings is 1. The molecule has 0 unspecified atom stereocenters. The first-order valence-corrected chi connectivity index (χ1v) is 10.8. The van der Waals surface area contributed by atoms with Crippen molar-refractivity contribution in [2.75, 3.05) is 13.2 Å². The third-order valence-electron chi connectivity index (χ3n) is 3.81. The summed E-state index contributed by atoms with van der Waals surface area (Å²) in [4.78, 5) is 12.0. The van der Waals surface area contributed by atoms with Crippen molar-refractivity contribution in [3.63, 3.8) is 0 Å². The monoisotopic (exact) mass is 393 g/mol. The smallest absolute Gasteiger partial charge is 0.286 e. The summed E-state index contributed by atoms with van der Waals surface area (Å²) in [6.45, 7) is 6.89. The van der Waals surface area contributed by atoms with Gasteiger partial charge in [-0.15, -0.1) is 0 Å². The lowest BCUT2D eigenvalue weighted by molar-refractivity contribution is 0.0753. The third-order valence-corrected chi connectivity index (χ3v) is 5.31. The molecule has 0 aliphatic rings. The number of nitrogens with one attached hydrogen (secondary N) is 1. The summed E-state index contributed by atoms with van der Waals surface area (Å²) in [6.07, 6.45) is 0.859. The van der Waals surface area contributed by atoms with Crippen molar-refractivity contribution in [1.82, 2.24) is 5.32 Å². The minimum absolute atomic E-state index is 0.0641. The Balaban J connectivity index is 1.85. The predicted octanol–water partition coefficient (Wildman–Crippen LogP) is 3.25. The number of hydrogen-bond acceptors (Lipinski definition) is 5. The highest BCUT2D eigenvalue weighted by molar-refractivity contribution is 7.89. The molecule has 27 heavy (non-hydrogen) atoms. The van der Waals surface area contributed by atoms with E-state index in [9.17, 15) is 13.2 Å². The van der Waals surface area contributed by atoms with Gasteiger partial charge < -0.3 is 14.5 Å². The van der Waals surface area contributed by atoms with Crippen LogP contribution >= 0.6 is 0 Å². The van der Waals surface area contributed by atoms with Crippen LogP contribution in [0.25, 0.3) is 0 Å². The molecule has 0 radical (unpaired) electrons. The van der Waals surface area contributed by atoms with E-state index in [0.29, 0.717) is 19.6 Å². The molecule has 0 saturated heterocycles. The van der Waals surface area contributed by atoms with Crippen molar-refractivity contribution >= 4 is 15.7 Å². The average molecular weight is 394 g/mol. The van der Waals surface area contributed by atoms with Gasteiger partial charge in [0.25, 0.3) is 5.91 Å². The van der Waals surface area contributed by atoms with Crippen LogP contribution in [-0.4, -0.2) is 33.6 Å². The van der Waals surface area contributed by atoms with E-state index >= 15 is 0 Å². The molecule has 0 aliphatic carbocycles. The van der Waals surface area contributed by atoms with Gasteiger partial charge in [-0.3, -0.25) is 4.79 Å². The summed E-state index contributed by atoms with van der Waals surface area (Å²) in [5.74, 6) is -0.292. The maximum absolute atomic E-state index is 12.4. The molecule has 2 aromatic rings. The van der Waals surface area contributed by atoms with Gasteiger partial charge in [0.05, 0.1) is 11.9 Å². The zero-order chi connectivity index (χ0) is 19.9. The molecule has 0 bridgehead atoms. The first-order chi connectivity index (χ1) is 12.7. The molecule has 0 spiro atoms. The molecule has 1 aromatic carbocycles. The largest absolute Gasteiger partial charge is 0.455 e. The van der Waals surface area contributed by atoms with Gasteiger partial charge in [-0.25, -0.2) is 8.42 Å². The Morgan fingerprint density at radius 1 is 1.11 bits per heavy atom. The molecule has 0 aliphatic heterocycles. The lowest BCUT2D eigenvalue weighted by Crippen LogP contribution is -2.25. The standard InChI is InChI=1S/C20H27NO5S/c1-15(2)25-12-4-11-21-20(22)19-10-9-18(26-19)14-27(23,24)13-17-7-5-16(3)6-8-17/h5-10,15H,4,11-14H2,1-3H3,(H,21,22). The van der Waals surface area contributed by atoms with Gasteiger partial charge in [0.1, 0.15) is 11.5 Å². The molecular weight excluding hydrogens is 366 g/mol. The average Bonchev–Trinajstić information content (AvgIpc) is 3.03. The van der Waals surface area contributed by atoms with E-state index in [1.807, 2.05) is 32.9 Å². The van der Waals surface area contributed by atoms with E-state index in [1.54, 1.807) is 12.1 Å². The molecular formula is C20H27NO5S. The van der Waals surface area contributed by atoms with Crippen molar-refractivity contribution in [2.24, 2.45) is 0 Å². The summed E-state index contributed by atoms with van der Waals surface area (Å²) in [5.41, 5.74) is 1.81. The Hall–Kier alpha value is -2.12. The van der Waals surface area contributed by atoms with Crippen LogP contribution in [0.15, 0.2) is 40.8 Å². The molecule has 1 amide bonds. The van der Waals surface area contributed by atoms with E-state index in [0.717, 1.165) is 11.1 Å². The molecule has 1 aromatic heterocycles. The minimum Gasteiger partial charge on any atom is -0.455 e. The molecule has 148 valence electrons. The fourth-order valence-corrected chi connectivity index (χ4v) is 3.85. The van der Waals surface area contributed by atoms with Crippen molar-refractivity contribution in [2.45, 2.75) is 44.8 Å². The van der Waals surface area contributed by atoms with Crippen LogP contribution in [0.3, 0.4) is 0 Å². The van der Waals surface area contributed by atoms with E-state index < -0.39 is 9.84 Å². The number of aryl methyl sites for hydroxylation is 1. The summed E-state index contributed by atoms with van der Waals surface area (Å²) < 4.78 is 35.5. The van der Waals surface area contributed by atoms with Crippen LogP contribution in [0.1, 0.15) is 47.7 Å². The highest BCUT2D eigenvalue weighted by atomic mass is 32.2. The van der Waals surface area contributed by atoms with Gasteiger partial charge in [-0.1, -0.05) is 29.8 Å². The summed E-state index contributed by atoms with van der Waals surface area (Å²) in [6, 6.07) is 10.4. The van der Waals surface area contributed by atoms with E-state index in [2.05, 4.69) is 5.32 Å². The van der Waals surface area contributed by atoms with Gasteiger partial charge >= 0.3 is 0 Å². The molecule has 2 rings (SSSR count). The fraction of sp³-hybridized carbons (Fsp3) is 0.450. The zero-order valence-corrected chi connectivity index (χ0v) is 16.8. The lowest BCUT2D eigenvalue weighted by Gasteiger charge is -2.07. The summed E-state index contributed by atoms with van der Waals surface area (Å²) >= 11 is 0.